The van der Waals surface area contributed by atoms with E-state index in [-0.39, 0.29) is 0 Å². The van der Waals surface area contributed by atoms with E-state index in [1.54, 1.807) is 7.11 Å². The highest BCUT2D eigenvalue weighted by Gasteiger charge is 2.11. The van der Waals surface area contributed by atoms with Crippen molar-refractivity contribution in [3.05, 3.63) is 41.4 Å². The Bertz CT molecular complexity index is 952. The molecule has 1 aromatic heterocycles. The van der Waals surface area contributed by atoms with Crippen molar-refractivity contribution in [2.45, 2.75) is 46.0 Å². The Morgan fingerprint density at radius 3 is 2.33 bits per heavy atom. The Hall–Kier alpha value is -2.04. The number of ether oxygens (including phenoxy) is 1. The summed E-state index contributed by atoms with van der Waals surface area (Å²) < 4.78 is 5.46. The van der Waals surface area contributed by atoms with Crippen molar-refractivity contribution in [1.82, 2.24) is 9.88 Å². The average molecular weight is 428 g/mol. The fourth-order valence-electron chi connectivity index (χ4n) is 3.83. The molecule has 3 aromatic rings. The van der Waals surface area contributed by atoms with E-state index in [9.17, 15) is 0 Å². The number of nitrogens with zero attached hydrogens (tertiary/aromatic N) is 2. The molecule has 4 nitrogen and oxygen atoms in total. The molecule has 3 rings (SSSR count). The summed E-state index contributed by atoms with van der Waals surface area (Å²) >= 11 is 6.23. The Kier molecular flexibility index (Phi) is 8.59. The van der Waals surface area contributed by atoms with Gasteiger partial charge in [0.2, 0.25) is 0 Å². The molecule has 1 N–H and O–H groups in total. The van der Waals surface area contributed by atoms with Crippen molar-refractivity contribution in [3.63, 3.8) is 0 Å². The second kappa shape index (κ2) is 11.4. The van der Waals surface area contributed by atoms with Gasteiger partial charge in [-0.25, -0.2) is 4.98 Å². The maximum atomic E-state index is 6.23. The SMILES string of the molecule is CCCCN(CCCC)CCCNc1c2ccc(Cl)cc2nc2ccc(OC)cc12. The van der Waals surface area contributed by atoms with Crippen LogP contribution in [-0.4, -0.2) is 43.2 Å². The maximum absolute atomic E-state index is 6.23. The zero-order chi connectivity index (χ0) is 21.3. The Balaban J connectivity index is 1.79. The number of hydrogen-bond donors (Lipinski definition) is 1. The molecule has 0 saturated carbocycles. The zero-order valence-electron chi connectivity index (χ0n) is 18.5. The second-order valence-electron chi connectivity index (χ2n) is 7.86. The largest absolute Gasteiger partial charge is 0.497 e. The summed E-state index contributed by atoms with van der Waals surface area (Å²) in [5, 5.41) is 6.58. The van der Waals surface area contributed by atoms with Gasteiger partial charge in [0.1, 0.15) is 5.75 Å². The smallest absolute Gasteiger partial charge is 0.119 e. The summed E-state index contributed by atoms with van der Waals surface area (Å²) in [6.45, 7) is 8.98. The average Bonchev–Trinajstić information content (AvgIpc) is 2.76. The Morgan fingerprint density at radius 2 is 1.63 bits per heavy atom. The number of anilines is 1. The number of aromatic nitrogens is 1. The molecular formula is C25H34ClN3O. The highest BCUT2D eigenvalue weighted by Crippen LogP contribution is 2.34. The van der Waals surface area contributed by atoms with E-state index in [4.69, 9.17) is 21.3 Å². The van der Waals surface area contributed by atoms with Crippen molar-refractivity contribution in [3.8, 4) is 5.75 Å². The summed E-state index contributed by atoms with van der Waals surface area (Å²) in [5.41, 5.74) is 2.97. The fourth-order valence-corrected chi connectivity index (χ4v) is 4.00. The molecule has 0 spiro atoms. The summed E-state index contributed by atoms with van der Waals surface area (Å²) in [7, 11) is 1.70. The zero-order valence-corrected chi connectivity index (χ0v) is 19.3. The fraction of sp³-hybridized carbons (Fsp3) is 0.480. The number of benzene rings is 2. The summed E-state index contributed by atoms with van der Waals surface area (Å²) in [6, 6.07) is 11.9. The van der Waals surface area contributed by atoms with Crippen LogP contribution in [0, 0.1) is 0 Å². The minimum atomic E-state index is 0.705. The molecule has 0 saturated heterocycles. The molecule has 1 heterocycles. The van der Waals surface area contributed by atoms with Crippen molar-refractivity contribution in [1.29, 1.82) is 0 Å². The molecular weight excluding hydrogens is 394 g/mol. The molecule has 0 aliphatic carbocycles. The predicted octanol–water partition coefficient (Wildman–Crippen LogP) is 6.75. The number of unbranched alkanes of at least 4 members (excludes halogenated alkanes) is 2. The van der Waals surface area contributed by atoms with Gasteiger partial charge in [0.15, 0.2) is 0 Å². The maximum Gasteiger partial charge on any atom is 0.119 e. The molecule has 0 aliphatic rings. The third-order valence-corrected chi connectivity index (χ3v) is 5.79. The molecule has 0 bridgehead atoms. The number of hydrogen-bond acceptors (Lipinski definition) is 4. The Morgan fingerprint density at radius 1 is 0.900 bits per heavy atom. The van der Waals surface area contributed by atoms with Crippen molar-refractivity contribution < 1.29 is 4.74 Å². The standard InChI is InChI=1S/C25H34ClN3O/c1-4-6-14-29(15-7-5-2)16-8-13-27-25-21-11-9-19(26)17-24(21)28-23-12-10-20(30-3)18-22(23)25/h9-12,17-18H,4-8,13-16H2,1-3H3,(H,27,28). The third-order valence-electron chi connectivity index (χ3n) is 5.55. The molecule has 0 atom stereocenters. The number of halogens is 1. The molecule has 0 unspecified atom stereocenters. The molecule has 0 amide bonds. The molecule has 5 heteroatoms. The lowest BCUT2D eigenvalue weighted by Gasteiger charge is -2.22. The quantitative estimate of drug-likeness (QED) is 0.256. The van der Waals surface area contributed by atoms with Crippen LogP contribution < -0.4 is 10.1 Å². The summed E-state index contributed by atoms with van der Waals surface area (Å²) in [5.74, 6) is 0.839. The van der Waals surface area contributed by atoms with Crippen LogP contribution in [0.4, 0.5) is 5.69 Å². The van der Waals surface area contributed by atoms with E-state index in [0.29, 0.717) is 5.02 Å². The van der Waals surface area contributed by atoms with E-state index in [1.165, 1.54) is 38.8 Å². The van der Waals surface area contributed by atoms with E-state index in [1.807, 2.05) is 24.3 Å². The van der Waals surface area contributed by atoms with Gasteiger partial charge in [-0.05, 0) is 75.3 Å². The highest BCUT2D eigenvalue weighted by molar-refractivity contribution is 6.31. The van der Waals surface area contributed by atoms with E-state index in [0.717, 1.165) is 52.8 Å². The van der Waals surface area contributed by atoms with Crippen molar-refractivity contribution in [2.24, 2.45) is 0 Å². The van der Waals surface area contributed by atoms with Crippen LogP contribution in [0.3, 0.4) is 0 Å². The van der Waals surface area contributed by atoms with Crippen LogP contribution in [0.25, 0.3) is 21.8 Å². The summed E-state index contributed by atoms with van der Waals surface area (Å²) in [6.07, 6.45) is 6.16. The number of pyridine rings is 1. The number of rotatable bonds is 12. The van der Waals surface area contributed by atoms with Crippen LogP contribution in [0.15, 0.2) is 36.4 Å². The number of nitrogens with one attached hydrogen (secondary N) is 1. The van der Waals surface area contributed by atoms with Gasteiger partial charge in [-0.2, -0.15) is 0 Å². The van der Waals surface area contributed by atoms with Gasteiger partial charge in [-0.1, -0.05) is 38.3 Å². The van der Waals surface area contributed by atoms with E-state index in [2.05, 4.69) is 36.2 Å². The molecule has 0 aliphatic heterocycles. The molecule has 0 radical (unpaired) electrons. The second-order valence-corrected chi connectivity index (χ2v) is 8.30. The van der Waals surface area contributed by atoms with Gasteiger partial charge >= 0.3 is 0 Å². The first kappa shape index (κ1) is 22.6. The monoisotopic (exact) mass is 427 g/mol. The molecule has 162 valence electrons. The lowest BCUT2D eigenvalue weighted by molar-refractivity contribution is 0.264. The van der Waals surface area contributed by atoms with Gasteiger partial charge in [0.25, 0.3) is 0 Å². The van der Waals surface area contributed by atoms with Gasteiger partial charge in [-0.3, -0.25) is 0 Å². The van der Waals surface area contributed by atoms with E-state index >= 15 is 0 Å². The van der Waals surface area contributed by atoms with Gasteiger partial charge in [0.05, 0.1) is 23.8 Å². The number of fused-ring (bicyclic) bond motifs is 2. The molecule has 2 aromatic carbocycles. The first-order valence-corrected chi connectivity index (χ1v) is 11.6. The van der Waals surface area contributed by atoms with Crippen LogP contribution >= 0.6 is 11.6 Å². The lowest BCUT2D eigenvalue weighted by atomic mass is 10.1. The van der Waals surface area contributed by atoms with Crippen LogP contribution in [0.1, 0.15) is 46.0 Å². The van der Waals surface area contributed by atoms with Crippen LogP contribution in [0.5, 0.6) is 5.75 Å². The van der Waals surface area contributed by atoms with Crippen molar-refractivity contribution in [2.75, 3.05) is 38.6 Å². The summed E-state index contributed by atoms with van der Waals surface area (Å²) in [4.78, 5) is 7.42. The van der Waals surface area contributed by atoms with Gasteiger partial charge in [0, 0.05) is 22.3 Å². The normalized spacial score (nSPS) is 11.5. The lowest BCUT2D eigenvalue weighted by Crippen LogP contribution is -2.28. The number of methoxy groups -OCH3 is 1. The highest BCUT2D eigenvalue weighted by atomic mass is 35.5. The van der Waals surface area contributed by atoms with Gasteiger partial charge < -0.3 is 15.0 Å². The van der Waals surface area contributed by atoms with Gasteiger partial charge in [-0.15, -0.1) is 0 Å². The Labute approximate surface area is 185 Å². The minimum Gasteiger partial charge on any atom is -0.497 e. The van der Waals surface area contributed by atoms with Crippen LogP contribution in [0.2, 0.25) is 5.02 Å². The topological polar surface area (TPSA) is 37.4 Å². The first-order chi connectivity index (χ1) is 14.7. The third kappa shape index (κ3) is 5.77. The minimum absolute atomic E-state index is 0.705. The van der Waals surface area contributed by atoms with Crippen molar-refractivity contribution >= 4 is 39.1 Å². The predicted molar refractivity (Wildman–Crippen MR) is 130 cm³/mol. The molecule has 0 fully saturated rings. The van der Waals surface area contributed by atoms with Crippen LogP contribution in [-0.2, 0) is 0 Å². The van der Waals surface area contributed by atoms with E-state index < -0.39 is 0 Å². The molecule has 30 heavy (non-hydrogen) atoms. The first-order valence-electron chi connectivity index (χ1n) is 11.2.